The number of sulfonamides is 1. The first-order valence-corrected chi connectivity index (χ1v) is 12.4. The van der Waals surface area contributed by atoms with Gasteiger partial charge in [0.1, 0.15) is 5.82 Å². The van der Waals surface area contributed by atoms with Gasteiger partial charge >= 0.3 is 6.18 Å². The molecule has 1 atom stereocenters. The molecule has 0 spiro atoms. The molecule has 1 saturated heterocycles. The lowest BCUT2D eigenvalue weighted by Gasteiger charge is -2.19. The normalized spacial score (nSPS) is 17.1. The van der Waals surface area contributed by atoms with Gasteiger partial charge in [-0.15, -0.1) is 0 Å². The van der Waals surface area contributed by atoms with Gasteiger partial charge in [-0.2, -0.15) is 13.2 Å². The van der Waals surface area contributed by atoms with Gasteiger partial charge in [0, 0.05) is 38.3 Å². The highest BCUT2D eigenvalue weighted by molar-refractivity contribution is 7.89. The van der Waals surface area contributed by atoms with E-state index in [1.54, 1.807) is 29.2 Å². The first-order chi connectivity index (χ1) is 15.8. The number of nitrogens with one attached hydrogen (secondary N) is 2. The number of pyridine rings is 1. The van der Waals surface area contributed by atoms with Crippen molar-refractivity contribution < 1.29 is 26.4 Å². The third-order valence-electron chi connectivity index (χ3n) is 5.63. The summed E-state index contributed by atoms with van der Waals surface area (Å²) in [5, 5.41) is 2.84. The molecule has 1 unspecified atom stereocenters. The molecule has 1 aromatic carbocycles. The van der Waals surface area contributed by atoms with Crippen LogP contribution in [0.25, 0.3) is 0 Å². The highest BCUT2D eigenvalue weighted by Gasteiger charge is 2.31. The largest absolute Gasteiger partial charge is 0.417 e. The molecule has 2 heterocycles. The van der Waals surface area contributed by atoms with Crippen molar-refractivity contribution in [3.63, 3.8) is 0 Å². The van der Waals surface area contributed by atoms with Crippen molar-refractivity contribution in [2.24, 2.45) is 0 Å². The minimum atomic E-state index is -4.44. The first-order valence-electron chi connectivity index (χ1n) is 10.9. The summed E-state index contributed by atoms with van der Waals surface area (Å²) in [5.41, 5.74) is 0.113. The highest BCUT2D eigenvalue weighted by atomic mass is 32.2. The van der Waals surface area contributed by atoms with Gasteiger partial charge in [0.2, 0.25) is 15.9 Å². The van der Waals surface area contributed by atoms with E-state index >= 15 is 0 Å². The van der Waals surface area contributed by atoms with Crippen LogP contribution in [0, 0.1) is 0 Å². The number of halogens is 3. The lowest BCUT2D eigenvalue weighted by atomic mass is 9.87. The molecule has 0 aliphatic carbocycles. The van der Waals surface area contributed by atoms with E-state index in [-0.39, 0.29) is 35.2 Å². The Hall–Kier alpha value is -2.66. The Morgan fingerprint density at radius 3 is 2.29 bits per heavy atom. The predicted octanol–water partition coefficient (Wildman–Crippen LogP) is 3.46. The molecule has 7 nitrogen and oxygen atoms in total. The van der Waals surface area contributed by atoms with Gasteiger partial charge < -0.3 is 10.2 Å². The van der Waals surface area contributed by atoms with E-state index in [4.69, 9.17) is 0 Å². The van der Waals surface area contributed by atoms with E-state index < -0.39 is 21.8 Å². The van der Waals surface area contributed by atoms with E-state index in [1.807, 2.05) is 20.8 Å². The summed E-state index contributed by atoms with van der Waals surface area (Å²) >= 11 is 0. The second-order valence-corrected chi connectivity index (χ2v) is 11.1. The molecule has 0 bridgehead atoms. The van der Waals surface area contributed by atoms with Crippen LogP contribution in [0.3, 0.4) is 0 Å². The highest BCUT2D eigenvalue weighted by Crippen LogP contribution is 2.30. The number of anilines is 1. The van der Waals surface area contributed by atoms with Gasteiger partial charge in [-0.25, -0.2) is 18.1 Å². The van der Waals surface area contributed by atoms with Crippen LogP contribution in [0.1, 0.15) is 44.7 Å². The van der Waals surface area contributed by atoms with Crippen LogP contribution in [-0.2, 0) is 26.4 Å². The van der Waals surface area contributed by atoms with Crippen LogP contribution in [0.5, 0.6) is 0 Å². The summed E-state index contributed by atoms with van der Waals surface area (Å²) in [5.74, 6) is 0.105. The van der Waals surface area contributed by atoms with E-state index in [0.717, 1.165) is 17.8 Å². The van der Waals surface area contributed by atoms with Gasteiger partial charge in [-0.05, 0) is 41.7 Å². The average Bonchev–Trinajstić information content (AvgIpc) is 3.21. The Kier molecular flexibility index (Phi) is 7.56. The summed E-state index contributed by atoms with van der Waals surface area (Å²) in [7, 11) is -3.73. The quantitative estimate of drug-likeness (QED) is 0.610. The van der Waals surface area contributed by atoms with Crippen molar-refractivity contribution in [3.8, 4) is 0 Å². The maximum atomic E-state index is 12.7. The Labute approximate surface area is 197 Å². The summed E-state index contributed by atoms with van der Waals surface area (Å²) in [4.78, 5) is 18.1. The maximum Gasteiger partial charge on any atom is 0.417 e. The Bertz CT molecular complexity index is 1100. The third kappa shape index (κ3) is 6.69. The molecule has 1 aliphatic rings. The predicted molar refractivity (Wildman–Crippen MR) is 123 cm³/mol. The summed E-state index contributed by atoms with van der Waals surface area (Å²) < 4.78 is 65.5. The second kappa shape index (κ2) is 9.91. The standard InChI is InChI=1S/C23H29F3N4O3S/c1-22(2,3)16-4-7-19(8-5-16)34(32,33)28-12-10-21(31)29-18-11-13-30(15-18)20-9-6-17(14-27-20)23(24,25)26/h4-9,14,18,28H,10-13,15H2,1-3H3,(H,29,31). The second-order valence-electron chi connectivity index (χ2n) is 9.32. The van der Waals surface area contributed by atoms with Crippen LogP contribution >= 0.6 is 0 Å². The molecule has 1 aliphatic heterocycles. The smallest absolute Gasteiger partial charge is 0.354 e. The molecule has 34 heavy (non-hydrogen) atoms. The number of aromatic nitrogens is 1. The van der Waals surface area contributed by atoms with E-state index in [0.29, 0.717) is 25.3 Å². The molecule has 1 amide bonds. The number of nitrogens with zero attached hydrogens (tertiary/aromatic N) is 2. The SMILES string of the molecule is CC(C)(C)c1ccc(S(=O)(=O)NCCC(=O)NC2CCN(c3ccc(C(F)(F)F)cn3)C2)cc1. The fourth-order valence-electron chi connectivity index (χ4n) is 3.64. The minimum Gasteiger partial charge on any atom is -0.354 e. The van der Waals surface area contributed by atoms with Crippen molar-refractivity contribution in [1.82, 2.24) is 15.0 Å². The topological polar surface area (TPSA) is 91.4 Å². The van der Waals surface area contributed by atoms with E-state index in [2.05, 4.69) is 15.0 Å². The lowest BCUT2D eigenvalue weighted by molar-refractivity contribution is -0.137. The number of carbonyl (C=O) groups is 1. The molecule has 3 rings (SSSR count). The number of rotatable bonds is 7. The molecule has 186 valence electrons. The van der Waals surface area contributed by atoms with Crippen LogP contribution < -0.4 is 14.9 Å². The number of hydrogen-bond acceptors (Lipinski definition) is 5. The molecular weight excluding hydrogens is 469 g/mol. The minimum absolute atomic E-state index is 0.0334. The van der Waals surface area contributed by atoms with Crippen molar-refractivity contribution in [2.45, 2.75) is 56.1 Å². The van der Waals surface area contributed by atoms with Gasteiger partial charge in [-0.1, -0.05) is 32.9 Å². The molecule has 11 heteroatoms. The zero-order valence-corrected chi connectivity index (χ0v) is 20.1. The summed E-state index contributed by atoms with van der Waals surface area (Å²) in [6.07, 6.45) is -3.07. The van der Waals surface area contributed by atoms with Gasteiger partial charge in [0.05, 0.1) is 10.5 Å². The van der Waals surface area contributed by atoms with Gasteiger partial charge in [-0.3, -0.25) is 4.79 Å². The van der Waals surface area contributed by atoms with Gasteiger partial charge in [0.15, 0.2) is 0 Å². The molecule has 1 aromatic heterocycles. The molecule has 2 N–H and O–H groups in total. The number of benzene rings is 1. The fraction of sp³-hybridized carbons (Fsp3) is 0.478. The van der Waals surface area contributed by atoms with E-state index in [1.165, 1.54) is 6.07 Å². The van der Waals surface area contributed by atoms with Crippen LogP contribution in [0.15, 0.2) is 47.5 Å². The molecule has 0 saturated carbocycles. The Morgan fingerprint density at radius 1 is 1.09 bits per heavy atom. The molecule has 0 radical (unpaired) electrons. The number of alkyl halides is 3. The van der Waals surface area contributed by atoms with Crippen LogP contribution in [0.2, 0.25) is 0 Å². The summed E-state index contributed by atoms with van der Waals surface area (Å²) in [6.45, 7) is 7.02. The number of hydrogen-bond donors (Lipinski definition) is 2. The van der Waals surface area contributed by atoms with Crippen LogP contribution in [-0.4, -0.2) is 45.0 Å². The van der Waals surface area contributed by atoms with E-state index in [9.17, 15) is 26.4 Å². The first kappa shape index (κ1) is 26.0. The van der Waals surface area contributed by atoms with Crippen molar-refractivity contribution in [1.29, 1.82) is 0 Å². The summed E-state index contributed by atoms with van der Waals surface area (Å²) in [6, 6.07) is 8.75. The zero-order chi connectivity index (χ0) is 25.1. The van der Waals surface area contributed by atoms with Crippen molar-refractivity contribution >= 4 is 21.7 Å². The van der Waals surface area contributed by atoms with Gasteiger partial charge in [0.25, 0.3) is 0 Å². The Balaban J connectivity index is 1.45. The molecule has 1 fully saturated rings. The monoisotopic (exact) mass is 498 g/mol. The van der Waals surface area contributed by atoms with Crippen molar-refractivity contribution in [2.75, 3.05) is 24.5 Å². The number of amides is 1. The van der Waals surface area contributed by atoms with Crippen molar-refractivity contribution in [3.05, 3.63) is 53.7 Å². The van der Waals surface area contributed by atoms with Crippen LogP contribution in [0.4, 0.5) is 19.0 Å². The zero-order valence-electron chi connectivity index (χ0n) is 19.3. The Morgan fingerprint density at radius 2 is 1.74 bits per heavy atom. The molecular formula is C23H29F3N4O3S. The molecule has 2 aromatic rings. The maximum absolute atomic E-state index is 12.7. The third-order valence-corrected chi connectivity index (χ3v) is 7.10. The fourth-order valence-corrected chi connectivity index (χ4v) is 4.68. The number of carbonyl (C=O) groups excluding carboxylic acids is 1. The lowest BCUT2D eigenvalue weighted by Crippen LogP contribution is -2.39. The average molecular weight is 499 g/mol.